The van der Waals surface area contributed by atoms with Crippen LogP contribution in [-0.2, 0) is 4.79 Å². The molecule has 0 amide bonds. The highest BCUT2D eigenvalue weighted by atomic mass is 32.1. The average Bonchev–Trinajstić information content (AvgIpc) is 2.77. The minimum Gasteiger partial charge on any atom is -0.313 e. The molecule has 0 radical (unpaired) electrons. The molecule has 0 aromatic carbocycles. The lowest BCUT2D eigenvalue weighted by Crippen LogP contribution is -2.64. The van der Waals surface area contributed by atoms with Gasteiger partial charge < -0.3 is 10.6 Å². The number of nitrogens with one attached hydrogen (secondary N) is 2. The third-order valence-corrected chi connectivity index (χ3v) is 2.76. The van der Waals surface area contributed by atoms with Crippen LogP contribution in [0.3, 0.4) is 0 Å². The van der Waals surface area contributed by atoms with Gasteiger partial charge in [0.2, 0.25) is 5.27 Å². The third-order valence-electron chi connectivity index (χ3n) is 2.51. The minimum absolute atomic E-state index is 0.0157. The minimum atomic E-state index is 0.0157. The van der Waals surface area contributed by atoms with Gasteiger partial charge in [-0.3, -0.25) is 9.32 Å². The smallest absolute Gasteiger partial charge is 0.304 e. The molecule has 1 fully saturated rings. The third kappa shape index (κ3) is 3.47. The molecule has 1 aromatic heterocycles. The van der Waals surface area contributed by atoms with E-state index in [0.29, 0.717) is 10.9 Å². The Balaban J connectivity index is 1.93. The van der Waals surface area contributed by atoms with Crippen LogP contribution in [0.5, 0.6) is 0 Å². The van der Waals surface area contributed by atoms with Crippen LogP contribution >= 0.6 is 12.2 Å². The van der Waals surface area contributed by atoms with E-state index in [1.165, 1.54) is 6.92 Å². The van der Waals surface area contributed by atoms with E-state index in [0.717, 1.165) is 26.2 Å². The summed E-state index contributed by atoms with van der Waals surface area (Å²) in [6, 6.07) is 0. The monoisotopic (exact) mass is 270 g/mol. The standard InChI is InChI=1S/C10H15N5O2S/c1-8(16)6-10(18)12-9-7-15(13-17-9)14-4-2-11-3-5-14/h7,11H,2-6H2,1H3/p+1. The molecule has 0 aliphatic carbocycles. The summed E-state index contributed by atoms with van der Waals surface area (Å²) in [6.07, 6.45) is 1.93. The summed E-state index contributed by atoms with van der Waals surface area (Å²) in [7, 11) is 0. The van der Waals surface area contributed by atoms with E-state index in [1.807, 2.05) is 0 Å². The summed E-state index contributed by atoms with van der Waals surface area (Å²) in [5.74, 6) is 0.460. The zero-order valence-corrected chi connectivity index (χ0v) is 11.0. The van der Waals surface area contributed by atoms with Gasteiger partial charge in [-0.1, -0.05) is 12.2 Å². The van der Waals surface area contributed by atoms with Gasteiger partial charge in [0.15, 0.2) is 0 Å². The second-order valence-electron chi connectivity index (χ2n) is 4.12. The van der Waals surface area contributed by atoms with Crippen molar-refractivity contribution in [3.63, 3.8) is 0 Å². The lowest BCUT2D eigenvalue weighted by molar-refractivity contribution is -0.758. The SMILES string of the molecule is CC(=O)CC(=S)Nc1c[n+](N2CCNCC2)no1. The summed E-state index contributed by atoms with van der Waals surface area (Å²) in [5, 5.41) is 12.1. The molecular formula is C10H16N5O2S+. The number of hydrogen-bond donors (Lipinski definition) is 2. The highest BCUT2D eigenvalue weighted by molar-refractivity contribution is 7.80. The second-order valence-corrected chi connectivity index (χ2v) is 4.61. The van der Waals surface area contributed by atoms with Gasteiger partial charge >= 0.3 is 5.88 Å². The number of carbonyl (C=O) groups excluding carboxylic acids is 1. The molecule has 2 N–H and O–H groups in total. The maximum Gasteiger partial charge on any atom is 0.304 e. The fraction of sp³-hybridized carbons (Fsp3) is 0.600. The maximum absolute atomic E-state index is 10.9. The summed E-state index contributed by atoms with van der Waals surface area (Å²) in [6.45, 7) is 5.08. The maximum atomic E-state index is 10.9. The van der Waals surface area contributed by atoms with Crippen LogP contribution in [0.1, 0.15) is 13.3 Å². The van der Waals surface area contributed by atoms with Crippen molar-refractivity contribution in [1.29, 1.82) is 0 Å². The van der Waals surface area contributed by atoms with Crippen LogP contribution in [0.2, 0.25) is 0 Å². The molecule has 0 spiro atoms. The molecule has 1 saturated heterocycles. The lowest BCUT2D eigenvalue weighted by atomic mass is 10.3. The predicted octanol–water partition coefficient (Wildman–Crippen LogP) is -0.778. The molecule has 1 aliphatic heterocycles. The van der Waals surface area contributed by atoms with E-state index >= 15 is 0 Å². The number of piperazine rings is 1. The molecule has 8 heteroatoms. The summed E-state index contributed by atoms with van der Waals surface area (Å²) >= 11 is 5.03. The molecule has 98 valence electrons. The largest absolute Gasteiger partial charge is 0.313 e. The highest BCUT2D eigenvalue weighted by Crippen LogP contribution is 2.03. The molecule has 0 atom stereocenters. The Hall–Kier alpha value is -1.54. The number of ketones is 1. The number of hydrogen-bond acceptors (Lipinski definition) is 6. The van der Waals surface area contributed by atoms with Crippen molar-refractivity contribution in [2.45, 2.75) is 13.3 Å². The first-order chi connectivity index (χ1) is 8.65. The van der Waals surface area contributed by atoms with Gasteiger partial charge in [0.25, 0.3) is 6.20 Å². The first-order valence-corrected chi connectivity index (χ1v) is 6.20. The van der Waals surface area contributed by atoms with Crippen molar-refractivity contribution in [1.82, 2.24) is 10.6 Å². The quantitative estimate of drug-likeness (QED) is 0.549. The van der Waals surface area contributed by atoms with Gasteiger partial charge in [-0.2, -0.15) is 5.01 Å². The van der Waals surface area contributed by atoms with Crippen molar-refractivity contribution in [2.75, 3.05) is 36.5 Å². The summed E-state index contributed by atoms with van der Waals surface area (Å²) < 4.78 is 5.11. The molecule has 0 unspecified atom stereocenters. The molecule has 0 bridgehead atoms. The van der Waals surface area contributed by atoms with Crippen LogP contribution in [-0.4, -0.2) is 42.2 Å². The Morgan fingerprint density at radius 2 is 2.39 bits per heavy atom. The number of anilines is 1. The Morgan fingerprint density at radius 1 is 1.67 bits per heavy atom. The van der Waals surface area contributed by atoms with Crippen molar-refractivity contribution < 1.29 is 14.1 Å². The molecule has 1 aromatic rings. The average molecular weight is 270 g/mol. The van der Waals surface area contributed by atoms with E-state index in [9.17, 15) is 4.79 Å². The molecule has 18 heavy (non-hydrogen) atoms. The van der Waals surface area contributed by atoms with Gasteiger partial charge in [0.05, 0.1) is 29.3 Å². The molecular weight excluding hydrogens is 254 g/mol. The number of nitrogens with zero attached hydrogens (tertiary/aromatic N) is 3. The van der Waals surface area contributed by atoms with E-state index in [-0.39, 0.29) is 12.2 Å². The van der Waals surface area contributed by atoms with Crippen LogP contribution in [0.15, 0.2) is 10.7 Å². The fourth-order valence-electron chi connectivity index (χ4n) is 1.69. The van der Waals surface area contributed by atoms with Gasteiger partial charge in [-0.25, -0.2) is 0 Å². The first kappa shape index (κ1) is 12.9. The predicted molar refractivity (Wildman–Crippen MR) is 69.0 cm³/mol. The van der Waals surface area contributed by atoms with Gasteiger partial charge in [-0.05, 0) is 6.92 Å². The highest BCUT2D eigenvalue weighted by Gasteiger charge is 2.22. The van der Waals surface area contributed by atoms with E-state index in [2.05, 4.69) is 20.9 Å². The Kier molecular flexibility index (Phi) is 4.21. The van der Waals surface area contributed by atoms with Crippen LogP contribution in [0.25, 0.3) is 0 Å². The van der Waals surface area contributed by atoms with E-state index in [4.69, 9.17) is 16.7 Å². The summed E-state index contributed by atoms with van der Waals surface area (Å²) in [4.78, 5) is 13.0. The number of aromatic nitrogens is 2. The number of Topliss-reactive ketones (excluding diaryl/α,β-unsaturated/α-hetero) is 1. The Morgan fingerprint density at radius 3 is 3.06 bits per heavy atom. The lowest BCUT2D eigenvalue weighted by Gasteiger charge is -2.19. The summed E-state index contributed by atoms with van der Waals surface area (Å²) in [5.41, 5.74) is 0. The molecule has 2 heterocycles. The van der Waals surface area contributed by atoms with Crippen LogP contribution in [0.4, 0.5) is 5.88 Å². The van der Waals surface area contributed by atoms with Crippen molar-refractivity contribution in [2.24, 2.45) is 0 Å². The molecule has 7 nitrogen and oxygen atoms in total. The normalized spacial score (nSPS) is 15.5. The Labute approximate surface area is 110 Å². The zero-order chi connectivity index (χ0) is 13.0. The topological polar surface area (TPSA) is 74.3 Å². The second kappa shape index (κ2) is 5.87. The van der Waals surface area contributed by atoms with Crippen molar-refractivity contribution in [3.05, 3.63) is 6.20 Å². The van der Waals surface area contributed by atoms with Gasteiger partial charge in [0, 0.05) is 13.1 Å². The van der Waals surface area contributed by atoms with Crippen LogP contribution < -0.4 is 20.4 Å². The molecule has 1 aliphatic rings. The molecule has 2 rings (SSSR count). The van der Waals surface area contributed by atoms with Gasteiger partial charge in [0.1, 0.15) is 5.78 Å². The number of carbonyl (C=O) groups is 1. The number of rotatable bonds is 4. The Bertz CT molecular complexity index is 441. The van der Waals surface area contributed by atoms with Crippen molar-refractivity contribution in [3.8, 4) is 0 Å². The zero-order valence-electron chi connectivity index (χ0n) is 10.2. The van der Waals surface area contributed by atoms with Crippen molar-refractivity contribution >= 4 is 28.9 Å². The van der Waals surface area contributed by atoms with E-state index < -0.39 is 0 Å². The first-order valence-electron chi connectivity index (χ1n) is 5.79. The van der Waals surface area contributed by atoms with E-state index in [1.54, 1.807) is 11.0 Å². The van der Waals surface area contributed by atoms with Gasteiger partial charge in [-0.15, -0.1) is 0 Å². The number of thiocarbonyl (C=S) groups is 1. The fourth-order valence-corrected chi connectivity index (χ4v) is 2.00. The van der Waals surface area contributed by atoms with Crippen LogP contribution in [0, 0.1) is 0 Å². The molecule has 0 saturated carbocycles.